The minimum atomic E-state index is -0.496. The van der Waals surface area contributed by atoms with Crippen molar-refractivity contribution in [2.75, 3.05) is 24.2 Å². The topological polar surface area (TPSA) is 79.5 Å². The lowest BCUT2D eigenvalue weighted by Crippen LogP contribution is -2.34. The molecule has 20 heavy (non-hydrogen) atoms. The Morgan fingerprint density at radius 2 is 2.25 bits per heavy atom. The highest BCUT2D eigenvalue weighted by Crippen LogP contribution is 2.32. The highest BCUT2D eigenvalue weighted by molar-refractivity contribution is 5.99. The second kappa shape index (κ2) is 6.38. The van der Waals surface area contributed by atoms with E-state index in [1.54, 1.807) is 25.1 Å². The van der Waals surface area contributed by atoms with Crippen LogP contribution in [0.3, 0.4) is 0 Å². The zero-order chi connectivity index (χ0) is 14.5. The first kappa shape index (κ1) is 14.3. The van der Waals surface area contributed by atoms with E-state index in [-0.39, 0.29) is 11.8 Å². The lowest BCUT2D eigenvalue weighted by atomic mass is 10.2. The van der Waals surface area contributed by atoms with Crippen molar-refractivity contribution in [3.8, 4) is 5.75 Å². The zero-order valence-electron chi connectivity index (χ0n) is 11.7. The predicted molar refractivity (Wildman–Crippen MR) is 77.0 cm³/mol. The summed E-state index contributed by atoms with van der Waals surface area (Å²) < 4.78 is 5.45. The number of carbonyl (C=O) groups excluding carboxylic acids is 2. The molecule has 0 fully saturated rings. The summed E-state index contributed by atoms with van der Waals surface area (Å²) in [6.07, 6.45) is 0.743. The summed E-state index contributed by atoms with van der Waals surface area (Å²) in [7, 11) is 1.85. The van der Waals surface area contributed by atoms with Crippen LogP contribution in [0.4, 0.5) is 11.4 Å². The van der Waals surface area contributed by atoms with Crippen molar-refractivity contribution >= 4 is 23.2 Å². The lowest BCUT2D eigenvalue weighted by molar-refractivity contribution is -0.122. The number of benzene rings is 1. The van der Waals surface area contributed by atoms with E-state index < -0.39 is 6.10 Å². The van der Waals surface area contributed by atoms with E-state index in [1.165, 1.54) is 0 Å². The number of rotatable bonds is 5. The van der Waals surface area contributed by atoms with Crippen LogP contribution in [0.2, 0.25) is 0 Å². The Morgan fingerprint density at radius 3 is 3.00 bits per heavy atom. The first-order chi connectivity index (χ1) is 9.60. The zero-order valence-corrected chi connectivity index (χ0v) is 11.7. The number of anilines is 2. The van der Waals surface area contributed by atoms with Crippen LogP contribution < -0.4 is 20.7 Å². The highest BCUT2D eigenvalue weighted by atomic mass is 16.5. The summed E-state index contributed by atoms with van der Waals surface area (Å²) in [5.41, 5.74) is 1.23. The van der Waals surface area contributed by atoms with Gasteiger partial charge in [0, 0.05) is 12.1 Å². The average Bonchev–Trinajstić information content (AvgIpc) is 2.41. The van der Waals surface area contributed by atoms with E-state index in [1.807, 2.05) is 7.05 Å². The molecule has 6 heteroatoms. The fourth-order valence-electron chi connectivity index (χ4n) is 1.94. The number of hydrogen-bond acceptors (Lipinski definition) is 4. The van der Waals surface area contributed by atoms with Crippen LogP contribution in [-0.2, 0) is 9.59 Å². The first-order valence-electron chi connectivity index (χ1n) is 6.66. The molecular formula is C14H19N3O3. The van der Waals surface area contributed by atoms with E-state index in [2.05, 4.69) is 16.0 Å². The number of carbonyl (C=O) groups is 2. The minimum Gasteiger partial charge on any atom is -0.479 e. The van der Waals surface area contributed by atoms with Gasteiger partial charge in [-0.25, -0.2) is 0 Å². The van der Waals surface area contributed by atoms with Crippen molar-refractivity contribution in [2.45, 2.75) is 25.9 Å². The van der Waals surface area contributed by atoms with E-state index in [0.717, 1.165) is 13.0 Å². The van der Waals surface area contributed by atoms with E-state index >= 15 is 0 Å². The maximum Gasteiger partial charge on any atom is 0.265 e. The van der Waals surface area contributed by atoms with Gasteiger partial charge in [-0.3, -0.25) is 9.59 Å². The fraction of sp³-hybridized carbons (Fsp3) is 0.429. The molecule has 1 aliphatic rings. The Balaban J connectivity index is 1.99. The molecule has 1 aromatic carbocycles. The standard InChI is InChI=1S/C14H19N3O3/c1-9-14(19)17-11-8-10(5-6-12(11)20-9)16-13(18)4-3-7-15-2/h5-6,8-9,15H,3-4,7H2,1-2H3,(H,16,18)(H,17,19). The lowest BCUT2D eigenvalue weighted by Gasteiger charge is -2.23. The van der Waals surface area contributed by atoms with Crippen molar-refractivity contribution in [3.63, 3.8) is 0 Å². The molecule has 1 unspecified atom stereocenters. The average molecular weight is 277 g/mol. The predicted octanol–water partition coefficient (Wildman–Crippen LogP) is 1.34. The molecule has 6 nitrogen and oxygen atoms in total. The number of hydrogen-bond donors (Lipinski definition) is 3. The third-order valence-electron chi connectivity index (χ3n) is 3.02. The summed E-state index contributed by atoms with van der Waals surface area (Å²) >= 11 is 0. The molecule has 0 aliphatic carbocycles. The fourth-order valence-corrected chi connectivity index (χ4v) is 1.94. The van der Waals surface area contributed by atoms with Crippen LogP contribution in [0.1, 0.15) is 19.8 Å². The van der Waals surface area contributed by atoms with Crippen molar-refractivity contribution in [2.24, 2.45) is 0 Å². The smallest absolute Gasteiger partial charge is 0.265 e. The van der Waals surface area contributed by atoms with Crippen molar-refractivity contribution in [3.05, 3.63) is 18.2 Å². The third-order valence-corrected chi connectivity index (χ3v) is 3.02. The van der Waals surface area contributed by atoms with Crippen molar-refractivity contribution in [1.29, 1.82) is 0 Å². The first-order valence-corrected chi connectivity index (χ1v) is 6.66. The Bertz CT molecular complexity index is 516. The molecule has 0 bridgehead atoms. The van der Waals surface area contributed by atoms with Gasteiger partial charge in [0.05, 0.1) is 5.69 Å². The molecular weight excluding hydrogens is 258 g/mol. The molecule has 1 aliphatic heterocycles. The minimum absolute atomic E-state index is 0.0448. The largest absolute Gasteiger partial charge is 0.479 e. The van der Waals surface area contributed by atoms with Gasteiger partial charge in [0.15, 0.2) is 6.10 Å². The van der Waals surface area contributed by atoms with Crippen molar-refractivity contribution < 1.29 is 14.3 Å². The summed E-state index contributed by atoms with van der Waals surface area (Å²) in [4.78, 5) is 23.2. The summed E-state index contributed by atoms with van der Waals surface area (Å²) in [5.74, 6) is 0.386. The molecule has 0 spiro atoms. The summed E-state index contributed by atoms with van der Waals surface area (Å²) in [6.45, 7) is 2.50. The molecule has 3 N–H and O–H groups in total. The second-order valence-corrected chi connectivity index (χ2v) is 4.72. The molecule has 1 aromatic rings. The maximum absolute atomic E-state index is 11.7. The number of fused-ring (bicyclic) bond motifs is 1. The number of ether oxygens (including phenoxy) is 1. The van der Waals surface area contributed by atoms with Gasteiger partial charge in [0.25, 0.3) is 5.91 Å². The van der Waals surface area contributed by atoms with Crippen molar-refractivity contribution in [1.82, 2.24) is 5.32 Å². The summed E-state index contributed by atoms with van der Waals surface area (Å²) in [6, 6.07) is 5.21. The molecule has 0 aromatic heterocycles. The van der Waals surface area contributed by atoms with Crippen LogP contribution in [0.5, 0.6) is 5.75 Å². The molecule has 0 radical (unpaired) electrons. The van der Waals surface area contributed by atoms with Gasteiger partial charge in [-0.15, -0.1) is 0 Å². The normalized spacial score (nSPS) is 16.9. The Hall–Kier alpha value is -2.08. The monoisotopic (exact) mass is 277 g/mol. The van der Waals surface area contributed by atoms with Gasteiger partial charge in [-0.05, 0) is 45.1 Å². The van der Waals surface area contributed by atoms with Gasteiger partial charge in [-0.1, -0.05) is 0 Å². The van der Waals surface area contributed by atoms with Gasteiger partial charge < -0.3 is 20.7 Å². The van der Waals surface area contributed by atoms with Crippen LogP contribution in [0.25, 0.3) is 0 Å². The highest BCUT2D eigenvalue weighted by Gasteiger charge is 2.23. The van der Waals surface area contributed by atoms with Gasteiger partial charge in [-0.2, -0.15) is 0 Å². The van der Waals surface area contributed by atoms with E-state index in [9.17, 15) is 9.59 Å². The number of amides is 2. The molecule has 1 heterocycles. The second-order valence-electron chi connectivity index (χ2n) is 4.72. The molecule has 1 atom stereocenters. The van der Waals surface area contributed by atoms with Crippen LogP contribution >= 0.6 is 0 Å². The van der Waals surface area contributed by atoms with Crippen LogP contribution in [0, 0.1) is 0 Å². The Labute approximate surface area is 117 Å². The maximum atomic E-state index is 11.7. The van der Waals surface area contributed by atoms with Crippen LogP contribution in [-0.4, -0.2) is 31.5 Å². The molecule has 0 saturated carbocycles. The number of nitrogens with one attached hydrogen (secondary N) is 3. The molecule has 0 saturated heterocycles. The van der Waals surface area contributed by atoms with Crippen LogP contribution in [0.15, 0.2) is 18.2 Å². The third kappa shape index (κ3) is 3.48. The molecule has 2 rings (SSSR count). The van der Waals surface area contributed by atoms with Gasteiger partial charge >= 0.3 is 0 Å². The SMILES string of the molecule is CNCCCC(=O)Nc1ccc2c(c1)NC(=O)C(C)O2. The molecule has 2 amide bonds. The quantitative estimate of drug-likeness (QED) is 0.710. The van der Waals surface area contributed by atoms with E-state index in [4.69, 9.17) is 4.74 Å². The summed E-state index contributed by atoms with van der Waals surface area (Å²) in [5, 5.41) is 8.55. The van der Waals surface area contributed by atoms with Gasteiger partial charge in [0.1, 0.15) is 5.75 Å². The molecule has 108 valence electrons. The van der Waals surface area contributed by atoms with Gasteiger partial charge in [0.2, 0.25) is 5.91 Å². The Morgan fingerprint density at radius 1 is 1.45 bits per heavy atom. The Kier molecular flexibility index (Phi) is 4.57. The van der Waals surface area contributed by atoms with E-state index in [0.29, 0.717) is 23.5 Å².